The van der Waals surface area contributed by atoms with Gasteiger partial charge in [0, 0.05) is 5.88 Å². The molecule has 0 N–H and O–H groups in total. The largest absolute Gasteiger partial charge is 0.151 e. The molecule has 0 spiro atoms. The lowest BCUT2D eigenvalue weighted by molar-refractivity contribution is 1.02. The number of hydrogen-bond donors (Lipinski definition) is 0. The SMILES string of the molecule is ClCCC=Cc1ccc(Cl)nn1. The van der Waals surface area contributed by atoms with E-state index in [1.54, 1.807) is 12.1 Å². The van der Waals surface area contributed by atoms with Gasteiger partial charge >= 0.3 is 0 Å². The number of nitrogens with zero attached hydrogens (tertiary/aromatic N) is 2. The fraction of sp³-hybridized carbons (Fsp3) is 0.250. The lowest BCUT2D eigenvalue weighted by Gasteiger charge is -1.90. The predicted molar refractivity (Wildman–Crippen MR) is 51.4 cm³/mol. The summed E-state index contributed by atoms with van der Waals surface area (Å²) in [5.74, 6) is 0.623. The third-order valence-corrected chi connectivity index (χ3v) is 1.64. The molecule has 0 aromatic carbocycles. The van der Waals surface area contributed by atoms with Crippen molar-refractivity contribution in [2.45, 2.75) is 6.42 Å². The quantitative estimate of drug-likeness (QED) is 0.706. The molecule has 4 heteroatoms. The molecule has 0 saturated heterocycles. The molecular weight excluding hydrogens is 195 g/mol. The first kappa shape index (κ1) is 9.49. The molecule has 0 fully saturated rings. The van der Waals surface area contributed by atoms with E-state index < -0.39 is 0 Å². The van der Waals surface area contributed by atoms with Gasteiger partial charge in [0.1, 0.15) is 0 Å². The zero-order valence-corrected chi connectivity index (χ0v) is 7.89. The van der Waals surface area contributed by atoms with Crippen LogP contribution in [0.5, 0.6) is 0 Å². The van der Waals surface area contributed by atoms with Crippen molar-refractivity contribution >= 4 is 29.3 Å². The Labute approximate surface area is 81.2 Å². The summed E-state index contributed by atoms with van der Waals surface area (Å²) in [5, 5.41) is 7.93. The molecule has 0 saturated carbocycles. The first-order valence-electron chi connectivity index (χ1n) is 3.54. The second-order valence-corrected chi connectivity index (χ2v) is 2.93. The highest BCUT2D eigenvalue weighted by molar-refractivity contribution is 6.29. The number of allylic oxidation sites excluding steroid dienone is 1. The van der Waals surface area contributed by atoms with Gasteiger partial charge in [-0.3, -0.25) is 0 Å². The van der Waals surface area contributed by atoms with Crippen LogP contribution in [0.2, 0.25) is 5.15 Å². The monoisotopic (exact) mass is 202 g/mol. The van der Waals surface area contributed by atoms with Crippen molar-refractivity contribution in [3.8, 4) is 0 Å². The maximum atomic E-state index is 5.55. The number of aromatic nitrogens is 2. The molecule has 0 atom stereocenters. The summed E-state index contributed by atoms with van der Waals surface area (Å²) in [6, 6.07) is 3.51. The van der Waals surface area contributed by atoms with Gasteiger partial charge in [-0.2, -0.15) is 0 Å². The van der Waals surface area contributed by atoms with E-state index in [4.69, 9.17) is 23.2 Å². The molecule has 0 radical (unpaired) electrons. The Morgan fingerprint density at radius 3 is 2.75 bits per heavy atom. The van der Waals surface area contributed by atoms with Crippen LogP contribution in [0.4, 0.5) is 0 Å². The van der Waals surface area contributed by atoms with E-state index in [1.165, 1.54) is 0 Å². The molecule has 0 unspecified atom stereocenters. The molecule has 64 valence electrons. The predicted octanol–water partition coefficient (Wildman–Crippen LogP) is 2.77. The van der Waals surface area contributed by atoms with Crippen molar-refractivity contribution < 1.29 is 0 Å². The van der Waals surface area contributed by atoms with E-state index in [9.17, 15) is 0 Å². The van der Waals surface area contributed by atoms with Crippen molar-refractivity contribution in [3.63, 3.8) is 0 Å². The van der Waals surface area contributed by atoms with Gasteiger partial charge < -0.3 is 0 Å². The minimum atomic E-state index is 0.407. The molecule has 2 nitrogen and oxygen atoms in total. The first-order valence-corrected chi connectivity index (χ1v) is 4.46. The van der Waals surface area contributed by atoms with Gasteiger partial charge in [0.15, 0.2) is 5.15 Å². The van der Waals surface area contributed by atoms with Crippen molar-refractivity contribution in [1.29, 1.82) is 0 Å². The number of alkyl halides is 1. The normalized spacial score (nSPS) is 10.8. The summed E-state index contributed by atoms with van der Waals surface area (Å²) in [6.07, 6.45) is 4.66. The zero-order chi connectivity index (χ0) is 8.81. The van der Waals surface area contributed by atoms with Crippen LogP contribution in [0.15, 0.2) is 18.2 Å². The van der Waals surface area contributed by atoms with Crippen LogP contribution in [0, 0.1) is 0 Å². The molecule has 0 aliphatic carbocycles. The number of hydrogen-bond acceptors (Lipinski definition) is 2. The fourth-order valence-corrected chi connectivity index (χ4v) is 0.909. The molecule has 1 aromatic rings. The number of rotatable bonds is 3. The Morgan fingerprint density at radius 2 is 2.17 bits per heavy atom. The van der Waals surface area contributed by atoms with E-state index in [0.717, 1.165) is 12.1 Å². The smallest absolute Gasteiger partial charge is 0.150 e. The standard InChI is InChI=1S/C8H8Cl2N2/c9-6-2-1-3-7-4-5-8(10)12-11-7/h1,3-5H,2,6H2. The molecule has 0 bridgehead atoms. The third-order valence-electron chi connectivity index (χ3n) is 1.22. The van der Waals surface area contributed by atoms with Crippen molar-refractivity contribution in [2.75, 3.05) is 5.88 Å². The van der Waals surface area contributed by atoms with Crippen LogP contribution in [-0.4, -0.2) is 16.1 Å². The van der Waals surface area contributed by atoms with E-state index in [-0.39, 0.29) is 0 Å². The Bertz CT molecular complexity index is 256. The van der Waals surface area contributed by atoms with Gasteiger partial charge in [-0.15, -0.1) is 21.8 Å². The van der Waals surface area contributed by atoms with Crippen LogP contribution in [0.3, 0.4) is 0 Å². The maximum Gasteiger partial charge on any atom is 0.151 e. The first-order chi connectivity index (χ1) is 5.83. The summed E-state index contributed by atoms with van der Waals surface area (Å²) in [6.45, 7) is 0. The molecule has 1 aromatic heterocycles. The van der Waals surface area contributed by atoms with Gasteiger partial charge in [-0.05, 0) is 24.6 Å². The minimum absolute atomic E-state index is 0.407. The van der Waals surface area contributed by atoms with Crippen LogP contribution in [0.25, 0.3) is 6.08 Å². The van der Waals surface area contributed by atoms with Crippen LogP contribution >= 0.6 is 23.2 Å². The van der Waals surface area contributed by atoms with Gasteiger partial charge in [0.05, 0.1) is 5.69 Å². The third kappa shape index (κ3) is 3.20. The molecule has 0 aliphatic heterocycles. The Morgan fingerprint density at radius 1 is 1.33 bits per heavy atom. The Hall–Kier alpha value is -0.600. The highest BCUT2D eigenvalue weighted by Crippen LogP contribution is 2.03. The second kappa shape index (κ2) is 5.12. The van der Waals surface area contributed by atoms with Crippen LogP contribution in [-0.2, 0) is 0 Å². The van der Waals surface area contributed by atoms with Gasteiger partial charge in [0.25, 0.3) is 0 Å². The van der Waals surface area contributed by atoms with E-state index in [1.807, 2.05) is 12.2 Å². The van der Waals surface area contributed by atoms with E-state index in [2.05, 4.69) is 10.2 Å². The van der Waals surface area contributed by atoms with Crippen LogP contribution in [0.1, 0.15) is 12.1 Å². The topological polar surface area (TPSA) is 25.8 Å². The van der Waals surface area contributed by atoms with Crippen molar-refractivity contribution in [2.24, 2.45) is 0 Å². The van der Waals surface area contributed by atoms with E-state index in [0.29, 0.717) is 11.0 Å². The lowest BCUT2D eigenvalue weighted by Crippen LogP contribution is -1.84. The van der Waals surface area contributed by atoms with Crippen molar-refractivity contribution in [3.05, 3.63) is 29.1 Å². The maximum absolute atomic E-state index is 5.55. The highest BCUT2D eigenvalue weighted by Gasteiger charge is 1.89. The summed E-state index contributed by atoms with van der Waals surface area (Å²) in [4.78, 5) is 0. The molecule has 1 rings (SSSR count). The van der Waals surface area contributed by atoms with Gasteiger partial charge in [0.2, 0.25) is 0 Å². The summed E-state index contributed by atoms with van der Waals surface area (Å²) < 4.78 is 0. The molecular formula is C8H8Cl2N2. The fourth-order valence-electron chi connectivity index (χ4n) is 0.682. The molecule has 0 aliphatic rings. The summed E-state index contributed by atoms with van der Waals surface area (Å²) in [7, 11) is 0. The Kier molecular flexibility index (Phi) is 4.05. The molecule has 12 heavy (non-hydrogen) atoms. The number of halogens is 2. The van der Waals surface area contributed by atoms with Crippen LogP contribution < -0.4 is 0 Å². The summed E-state index contributed by atoms with van der Waals surface area (Å²) >= 11 is 11.0. The Balaban J connectivity index is 2.58. The highest BCUT2D eigenvalue weighted by atomic mass is 35.5. The molecule has 0 amide bonds. The zero-order valence-electron chi connectivity index (χ0n) is 6.37. The summed E-state index contributed by atoms with van der Waals surface area (Å²) in [5.41, 5.74) is 0.796. The molecule has 1 heterocycles. The van der Waals surface area contributed by atoms with Crippen molar-refractivity contribution in [1.82, 2.24) is 10.2 Å². The minimum Gasteiger partial charge on any atom is -0.150 e. The second-order valence-electron chi connectivity index (χ2n) is 2.16. The van der Waals surface area contributed by atoms with Gasteiger partial charge in [-0.25, -0.2) is 0 Å². The van der Waals surface area contributed by atoms with E-state index >= 15 is 0 Å². The lowest BCUT2D eigenvalue weighted by atomic mass is 10.3. The van der Waals surface area contributed by atoms with Gasteiger partial charge in [-0.1, -0.05) is 17.7 Å². The average Bonchev–Trinajstić information content (AvgIpc) is 2.09. The average molecular weight is 203 g/mol.